The number of nitrogens with zero attached hydrogens (tertiary/aromatic N) is 5. The van der Waals surface area contributed by atoms with Crippen molar-refractivity contribution in [2.75, 3.05) is 16.8 Å². The molecule has 0 spiro atoms. The third-order valence-electron chi connectivity index (χ3n) is 6.23. The zero-order valence-electron chi connectivity index (χ0n) is 20.0. The number of hydrogen-bond donors (Lipinski definition) is 2. The van der Waals surface area contributed by atoms with E-state index in [2.05, 4.69) is 20.5 Å². The molecule has 8 nitrogen and oxygen atoms in total. The molecule has 0 atom stereocenters. The van der Waals surface area contributed by atoms with Gasteiger partial charge in [0.15, 0.2) is 5.82 Å². The van der Waals surface area contributed by atoms with Crippen molar-refractivity contribution in [3.63, 3.8) is 0 Å². The molecule has 4 aromatic rings. The number of benzene rings is 2. The molecule has 0 saturated carbocycles. The number of carbonyl (C=O) groups is 1. The summed E-state index contributed by atoms with van der Waals surface area (Å²) in [7, 11) is 1.83. The number of aromatic nitrogens is 4. The molecule has 0 radical (unpaired) electrons. The van der Waals surface area contributed by atoms with Gasteiger partial charge in [-0.05, 0) is 53.4 Å². The van der Waals surface area contributed by atoms with Gasteiger partial charge in [-0.15, -0.1) is 10.2 Å². The van der Waals surface area contributed by atoms with E-state index < -0.39 is 24.3 Å². The van der Waals surface area contributed by atoms with E-state index in [9.17, 15) is 23.1 Å². The Hall–Kier alpha value is -4.25. The summed E-state index contributed by atoms with van der Waals surface area (Å²) in [6.07, 6.45) is -3.09. The zero-order chi connectivity index (χ0) is 26.3. The second kappa shape index (κ2) is 9.32. The minimum atomic E-state index is -4.68. The number of alkyl halides is 3. The molecule has 37 heavy (non-hydrogen) atoms. The largest absolute Gasteiger partial charge is 0.416 e. The van der Waals surface area contributed by atoms with Crippen molar-refractivity contribution < 1.29 is 23.1 Å². The first-order valence-corrected chi connectivity index (χ1v) is 11.6. The lowest BCUT2D eigenvalue weighted by atomic mass is 9.99. The van der Waals surface area contributed by atoms with Crippen LogP contribution in [0.4, 0.5) is 24.8 Å². The van der Waals surface area contributed by atoms with Crippen LogP contribution >= 0.6 is 0 Å². The van der Waals surface area contributed by atoms with Crippen LogP contribution in [0.2, 0.25) is 0 Å². The number of aryl methyl sites for hydroxylation is 1. The van der Waals surface area contributed by atoms with Crippen LogP contribution in [0.3, 0.4) is 0 Å². The minimum Gasteiger partial charge on any atom is -0.392 e. The fourth-order valence-electron chi connectivity index (χ4n) is 4.54. The Bertz CT molecular complexity index is 1500. The molecule has 1 aliphatic heterocycles. The van der Waals surface area contributed by atoms with E-state index in [0.29, 0.717) is 23.8 Å². The highest BCUT2D eigenvalue weighted by Crippen LogP contribution is 2.40. The number of hydrogen-bond acceptors (Lipinski definition) is 6. The molecule has 3 heterocycles. The number of carbonyl (C=O) groups excluding carboxylic acids is 1. The quantitative estimate of drug-likeness (QED) is 0.394. The SMILES string of the molecule is CCNc1cc(-c2ccccc2-c2nncn2C)cc(N2Cc3c(cc(CO)cc3C(F)(F)F)C2=O)n1. The van der Waals surface area contributed by atoms with Crippen LogP contribution in [0.15, 0.2) is 54.9 Å². The molecule has 1 amide bonds. The first kappa shape index (κ1) is 24.4. The first-order chi connectivity index (χ1) is 17.7. The average molecular weight is 509 g/mol. The van der Waals surface area contributed by atoms with Crippen LogP contribution in [0.25, 0.3) is 22.5 Å². The number of anilines is 2. The van der Waals surface area contributed by atoms with Crippen LogP contribution in [-0.2, 0) is 26.4 Å². The van der Waals surface area contributed by atoms with Gasteiger partial charge in [-0.25, -0.2) is 4.98 Å². The number of aliphatic hydroxyl groups excluding tert-OH is 1. The molecule has 2 aromatic carbocycles. The number of halogens is 3. The molecule has 190 valence electrons. The van der Waals surface area contributed by atoms with Gasteiger partial charge in [0.1, 0.15) is 18.0 Å². The van der Waals surface area contributed by atoms with Crippen molar-refractivity contribution in [3.8, 4) is 22.5 Å². The standard InChI is InChI=1S/C26H23F3N6O2/c1-3-30-22-10-16(17-6-4-5-7-18(17)24-33-31-14-34(24)2)11-23(32-22)35-12-20-19(25(35)37)8-15(13-36)9-21(20)26(27,28)29/h4-11,14,36H,3,12-13H2,1-2H3,(H,30,32). The van der Waals surface area contributed by atoms with Gasteiger partial charge in [0.25, 0.3) is 5.91 Å². The zero-order valence-corrected chi connectivity index (χ0v) is 20.0. The van der Waals surface area contributed by atoms with E-state index >= 15 is 0 Å². The molecule has 5 rings (SSSR count). The van der Waals surface area contributed by atoms with Crippen molar-refractivity contribution in [2.45, 2.75) is 26.3 Å². The number of amides is 1. The van der Waals surface area contributed by atoms with Crippen LogP contribution < -0.4 is 10.2 Å². The second-order valence-electron chi connectivity index (χ2n) is 8.66. The molecule has 0 bridgehead atoms. The molecule has 2 aromatic heterocycles. The number of rotatable bonds is 6. The van der Waals surface area contributed by atoms with Crippen molar-refractivity contribution in [2.24, 2.45) is 7.05 Å². The Balaban J connectivity index is 1.64. The molecule has 2 N–H and O–H groups in total. The molecule has 11 heteroatoms. The second-order valence-corrected chi connectivity index (χ2v) is 8.66. The normalized spacial score (nSPS) is 13.2. The third kappa shape index (κ3) is 4.42. The van der Waals surface area contributed by atoms with Gasteiger partial charge in [0.05, 0.1) is 18.7 Å². The molecular weight excluding hydrogens is 485 g/mol. The Labute approximate surface area is 210 Å². The number of fused-ring (bicyclic) bond motifs is 1. The fourth-order valence-corrected chi connectivity index (χ4v) is 4.54. The topological polar surface area (TPSA) is 96.2 Å². The number of aliphatic hydroxyl groups is 1. The van der Waals surface area contributed by atoms with E-state index in [1.807, 2.05) is 44.3 Å². The summed E-state index contributed by atoms with van der Waals surface area (Å²) in [5, 5.41) is 20.8. The van der Waals surface area contributed by atoms with E-state index in [4.69, 9.17) is 0 Å². The lowest BCUT2D eigenvalue weighted by Gasteiger charge is -2.19. The highest BCUT2D eigenvalue weighted by molar-refractivity contribution is 6.10. The molecule has 0 fully saturated rings. The molecular formula is C26H23F3N6O2. The van der Waals surface area contributed by atoms with Gasteiger partial charge in [0, 0.05) is 24.7 Å². The highest BCUT2D eigenvalue weighted by Gasteiger charge is 2.41. The van der Waals surface area contributed by atoms with Crippen LogP contribution in [-0.4, -0.2) is 37.3 Å². The third-order valence-corrected chi connectivity index (χ3v) is 6.23. The van der Waals surface area contributed by atoms with Gasteiger partial charge in [-0.1, -0.05) is 24.3 Å². The van der Waals surface area contributed by atoms with E-state index in [1.165, 1.54) is 11.0 Å². The van der Waals surface area contributed by atoms with Gasteiger partial charge in [0.2, 0.25) is 0 Å². The van der Waals surface area contributed by atoms with Crippen LogP contribution in [0.5, 0.6) is 0 Å². The van der Waals surface area contributed by atoms with Crippen molar-refractivity contribution in [1.29, 1.82) is 0 Å². The van der Waals surface area contributed by atoms with Crippen molar-refractivity contribution in [1.82, 2.24) is 19.7 Å². The summed E-state index contributed by atoms with van der Waals surface area (Å²) >= 11 is 0. The maximum absolute atomic E-state index is 13.8. The lowest BCUT2D eigenvalue weighted by Crippen LogP contribution is -2.24. The maximum Gasteiger partial charge on any atom is 0.416 e. The van der Waals surface area contributed by atoms with E-state index in [1.54, 1.807) is 17.0 Å². The Morgan fingerprint density at radius 2 is 1.84 bits per heavy atom. The summed E-state index contributed by atoms with van der Waals surface area (Å²) < 4.78 is 43.3. The van der Waals surface area contributed by atoms with Gasteiger partial charge in [-0.2, -0.15) is 13.2 Å². The minimum absolute atomic E-state index is 0.0222. The summed E-state index contributed by atoms with van der Waals surface area (Å²) in [6, 6.07) is 13.2. The molecule has 0 aliphatic carbocycles. The lowest BCUT2D eigenvalue weighted by molar-refractivity contribution is -0.138. The predicted octanol–water partition coefficient (Wildman–Crippen LogP) is 4.65. The smallest absolute Gasteiger partial charge is 0.392 e. The summed E-state index contributed by atoms with van der Waals surface area (Å²) in [4.78, 5) is 19.1. The summed E-state index contributed by atoms with van der Waals surface area (Å²) in [5.41, 5.74) is 1.17. The van der Waals surface area contributed by atoms with Crippen LogP contribution in [0, 0.1) is 0 Å². The molecule has 0 unspecified atom stereocenters. The fraction of sp³-hybridized carbons (Fsp3) is 0.231. The molecule has 1 aliphatic rings. The highest BCUT2D eigenvalue weighted by atomic mass is 19.4. The average Bonchev–Trinajstić information content (AvgIpc) is 3.45. The Morgan fingerprint density at radius 1 is 1.08 bits per heavy atom. The maximum atomic E-state index is 13.8. The van der Waals surface area contributed by atoms with Crippen LogP contribution in [0.1, 0.15) is 34.0 Å². The number of pyridine rings is 1. The summed E-state index contributed by atoms with van der Waals surface area (Å²) in [6.45, 7) is 1.54. The van der Waals surface area contributed by atoms with Crippen molar-refractivity contribution in [3.05, 3.63) is 77.1 Å². The monoisotopic (exact) mass is 508 g/mol. The molecule has 0 saturated heterocycles. The van der Waals surface area contributed by atoms with E-state index in [0.717, 1.165) is 17.2 Å². The van der Waals surface area contributed by atoms with Gasteiger partial charge < -0.3 is 15.0 Å². The first-order valence-electron chi connectivity index (χ1n) is 11.6. The van der Waals surface area contributed by atoms with Crippen molar-refractivity contribution >= 4 is 17.5 Å². The van der Waals surface area contributed by atoms with Gasteiger partial charge >= 0.3 is 6.18 Å². The Kier molecular flexibility index (Phi) is 6.16. The summed E-state index contributed by atoms with van der Waals surface area (Å²) in [5.74, 6) is 0.708. The van der Waals surface area contributed by atoms with E-state index in [-0.39, 0.29) is 29.1 Å². The van der Waals surface area contributed by atoms with Gasteiger partial charge in [-0.3, -0.25) is 9.69 Å². The Morgan fingerprint density at radius 3 is 2.49 bits per heavy atom. The predicted molar refractivity (Wildman–Crippen MR) is 132 cm³/mol. The number of nitrogens with one attached hydrogen (secondary N) is 1.